The summed E-state index contributed by atoms with van der Waals surface area (Å²) in [4.78, 5) is 27.4. The average molecular weight is 416 g/mol. The highest BCUT2D eigenvalue weighted by Gasteiger charge is 2.37. The van der Waals surface area contributed by atoms with E-state index in [4.69, 9.17) is 10.5 Å². The van der Waals surface area contributed by atoms with E-state index in [1.54, 1.807) is 11.9 Å². The van der Waals surface area contributed by atoms with E-state index in [0.717, 1.165) is 11.0 Å². The maximum absolute atomic E-state index is 13.6. The maximum atomic E-state index is 13.6. The Balaban J connectivity index is 2.28. The SMILES string of the molecule is CC(C)CN(C)[C@H](CN)C(=O)Nc1ccc(N2CCOCC2=O)c(C(F)(F)F)c1. The third-order valence-electron chi connectivity index (χ3n) is 4.56. The molecule has 1 aromatic carbocycles. The third kappa shape index (κ3) is 5.91. The van der Waals surface area contributed by atoms with Gasteiger partial charge in [0.15, 0.2) is 0 Å². The number of rotatable bonds is 7. The number of hydrogen-bond acceptors (Lipinski definition) is 5. The molecule has 29 heavy (non-hydrogen) atoms. The molecule has 2 rings (SSSR count). The minimum atomic E-state index is -4.70. The van der Waals surface area contributed by atoms with Gasteiger partial charge >= 0.3 is 6.18 Å². The second-order valence-electron chi connectivity index (χ2n) is 7.40. The van der Waals surface area contributed by atoms with Crippen molar-refractivity contribution in [2.45, 2.75) is 26.1 Å². The highest BCUT2D eigenvalue weighted by Crippen LogP contribution is 2.38. The van der Waals surface area contributed by atoms with Gasteiger partial charge in [0.2, 0.25) is 5.91 Å². The number of carbonyl (C=O) groups excluding carboxylic acids is 2. The molecule has 1 heterocycles. The molecule has 10 heteroatoms. The number of morpholine rings is 1. The summed E-state index contributed by atoms with van der Waals surface area (Å²) in [6.07, 6.45) is -4.70. The number of anilines is 2. The lowest BCUT2D eigenvalue weighted by Crippen LogP contribution is -2.48. The first-order valence-electron chi connectivity index (χ1n) is 9.35. The Hall–Kier alpha value is -2.17. The van der Waals surface area contributed by atoms with Crippen molar-refractivity contribution in [3.8, 4) is 0 Å². The third-order valence-corrected chi connectivity index (χ3v) is 4.56. The molecular weight excluding hydrogens is 389 g/mol. The van der Waals surface area contributed by atoms with Crippen molar-refractivity contribution in [3.05, 3.63) is 23.8 Å². The Morgan fingerprint density at radius 1 is 1.38 bits per heavy atom. The van der Waals surface area contributed by atoms with Crippen molar-refractivity contribution in [1.29, 1.82) is 0 Å². The van der Waals surface area contributed by atoms with Gasteiger partial charge in [0.05, 0.1) is 17.9 Å². The van der Waals surface area contributed by atoms with Crippen molar-refractivity contribution in [2.24, 2.45) is 11.7 Å². The minimum Gasteiger partial charge on any atom is -0.370 e. The summed E-state index contributed by atoms with van der Waals surface area (Å²) in [7, 11) is 1.74. The Labute approximate surface area is 168 Å². The molecule has 0 aliphatic carbocycles. The Morgan fingerprint density at radius 3 is 2.62 bits per heavy atom. The first-order chi connectivity index (χ1) is 13.5. The Bertz CT molecular complexity index is 740. The number of alkyl halides is 3. The van der Waals surface area contributed by atoms with Gasteiger partial charge in [-0.1, -0.05) is 13.8 Å². The van der Waals surface area contributed by atoms with E-state index < -0.39 is 29.6 Å². The largest absolute Gasteiger partial charge is 0.418 e. The number of amides is 2. The molecule has 1 aliphatic heterocycles. The van der Waals surface area contributed by atoms with Crippen LogP contribution in [-0.2, 0) is 20.5 Å². The van der Waals surface area contributed by atoms with E-state index in [9.17, 15) is 22.8 Å². The van der Waals surface area contributed by atoms with Crippen LogP contribution in [0.4, 0.5) is 24.5 Å². The normalized spacial score (nSPS) is 16.4. The molecule has 7 nitrogen and oxygen atoms in total. The van der Waals surface area contributed by atoms with Crippen LogP contribution in [0.25, 0.3) is 0 Å². The fourth-order valence-corrected chi connectivity index (χ4v) is 3.26. The number of halogens is 3. The molecule has 0 radical (unpaired) electrons. The van der Waals surface area contributed by atoms with Crippen LogP contribution >= 0.6 is 0 Å². The first-order valence-corrected chi connectivity index (χ1v) is 9.35. The number of likely N-dealkylation sites (N-methyl/N-ethyl adjacent to an activating group) is 1. The number of carbonyl (C=O) groups is 2. The number of hydrogen-bond donors (Lipinski definition) is 2. The molecule has 1 atom stereocenters. The van der Waals surface area contributed by atoms with Gasteiger partial charge in [-0.25, -0.2) is 0 Å². The first kappa shape index (κ1) is 23.1. The molecule has 1 saturated heterocycles. The van der Waals surface area contributed by atoms with Crippen LogP contribution in [0.3, 0.4) is 0 Å². The monoisotopic (exact) mass is 416 g/mol. The molecule has 1 aromatic rings. The van der Waals surface area contributed by atoms with E-state index in [1.165, 1.54) is 12.1 Å². The fourth-order valence-electron chi connectivity index (χ4n) is 3.26. The zero-order chi connectivity index (χ0) is 21.8. The molecule has 0 spiro atoms. The average Bonchev–Trinajstić information content (AvgIpc) is 2.61. The molecule has 1 aliphatic rings. The summed E-state index contributed by atoms with van der Waals surface area (Å²) in [6, 6.07) is 2.71. The van der Waals surface area contributed by atoms with Crippen molar-refractivity contribution in [3.63, 3.8) is 0 Å². The van der Waals surface area contributed by atoms with Gasteiger partial charge < -0.3 is 20.7 Å². The molecule has 2 amide bonds. The molecule has 0 saturated carbocycles. The zero-order valence-electron chi connectivity index (χ0n) is 16.8. The summed E-state index contributed by atoms with van der Waals surface area (Å²) >= 11 is 0. The molecular formula is C19H27F3N4O3. The molecule has 0 aromatic heterocycles. The summed E-state index contributed by atoms with van der Waals surface area (Å²) < 4.78 is 45.9. The molecule has 0 unspecified atom stereocenters. The number of ether oxygens (including phenoxy) is 1. The quantitative estimate of drug-likeness (QED) is 0.709. The van der Waals surface area contributed by atoms with Gasteiger partial charge in [-0.05, 0) is 31.2 Å². The van der Waals surface area contributed by atoms with Gasteiger partial charge in [-0.2, -0.15) is 13.2 Å². The van der Waals surface area contributed by atoms with Crippen molar-refractivity contribution in [1.82, 2.24) is 4.90 Å². The van der Waals surface area contributed by atoms with E-state index in [0.29, 0.717) is 12.5 Å². The van der Waals surface area contributed by atoms with E-state index in [-0.39, 0.29) is 37.7 Å². The minimum absolute atomic E-state index is 0.0109. The maximum Gasteiger partial charge on any atom is 0.418 e. The standard InChI is InChI=1S/C19H27F3N4O3/c1-12(2)10-25(3)16(9-23)18(28)24-13-4-5-15(14(8-13)19(20,21)22)26-6-7-29-11-17(26)27/h4-5,8,12,16H,6-7,9-11,23H2,1-3H3,(H,24,28)/t16-/m1/s1. The number of nitrogens with zero attached hydrogens (tertiary/aromatic N) is 2. The van der Waals surface area contributed by atoms with Crippen LogP contribution in [0, 0.1) is 5.92 Å². The molecule has 162 valence electrons. The molecule has 3 N–H and O–H groups in total. The Kier molecular flexibility index (Phi) is 7.61. The molecule has 0 bridgehead atoms. The van der Waals surface area contributed by atoms with Gasteiger partial charge in [-0.15, -0.1) is 0 Å². The van der Waals surface area contributed by atoms with Gasteiger partial charge in [0.1, 0.15) is 12.6 Å². The van der Waals surface area contributed by atoms with Crippen LogP contribution < -0.4 is 16.0 Å². The lowest BCUT2D eigenvalue weighted by molar-refractivity contribution is -0.137. The van der Waals surface area contributed by atoms with Crippen molar-refractivity contribution in [2.75, 3.05) is 50.1 Å². The van der Waals surface area contributed by atoms with E-state index >= 15 is 0 Å². The summed E-state index contributed by atoms with van der Waals surface area (Å²) in [6.45, 7) is 4.54. The lowest BCUT2D eigenvalue weighted by Gasteiger charge is -2.30. The van der Waals surface area contributed by atoms with Crippen LogP contribution in [-0.4, -0.2) is 62.7 Å². The van der Waals surface area contributed by atoms with Gasteiger partial charge in [0, 0.05) is 25.3 Å². The van der Waals surface area contributed by atoms with Gasteiger partial charge in [0.25, 0.3) is 5.91 Å². The number of nitrogens with two attached hydrogens (primary N) is 1. The number of benzene rings is 1. The predicted molar refractivity (Wildman–Crippen MR) is 104 cm³/mol. The molecule has 1 fully saturated rings. The van der Waals surface area contributed by atoms with Crippen LogP contribution in [0.5, 0.6) is 0 Å². The lowest BCUT2D eigenvalue weighted by atomic mass is 10.1. The predicted octanol–water partition coefficient (Wildman–Crippen LogP) is 1.92. The highest BCUT2D eigenvalue weighted by molar-refractivity contribution is 5.98. The summed E-state index contributed by atoms with van der Waals surface area (Å²) in [5.41, 5.74) is 4.44. The zero-order valence-corrected chi connectivity index (χ0v) is 16.8. The highest BCUT2D eigenvalue weighted by atomic mass is 19.4. The van der Waals surface area contributed by atoms with E-state index in [2.05, 4.69) is 5.32 Å². The van der Waals surface area contributed by atoms with E-state index in [1.807, 2.05) is 13.8 Å². The van der Waals surface area contributed by atoms with Crippen molar-refractivity contribution >= 4 is 23.2 Å². The second-order valence-corrected chi connectivity index (χ2v) is 7.40. The topological polar surface area (TPSA) is 87.9 Å². The number of nitrogens with one attached hydrogen (secondary N) is 1. The van der Waals surface area contributed by atoms with Crippen LogP contribution in [0.2, 0.25) is 0 Å². The van der Waals surface area contributed by atoms with Gasteiger partial charge in [-0.3, -0.25) is 14.5 Å². The van der Waals surface area contributed by atoms with Crippen molar-refractivity contribution < 1.29 is 27.5 Å². The van der Waals surface area contributed by atoms with Crippen LogP contribution in [0.15, 0.2) is 18.2 Å². The smallest absolute Gasteiger partial charge is 0.370 e. The summed E-state index contributed by atoms with van der Waals surface area (Å²) in [5.74, 6) is -0.736. The summed E-state index contributed by atoms with van der Waals surface area (Å²) in [5, 5.41) is 2.51. The fraction of sp³-hybridized carbons (Fsp3) is 0.579. The van der Waals surface area contributed by atoms with Crippen LogP contribution in [0.1, 0.15) is 19.4 Å². The second kappa shape index (κ2) is 9.55. The Morgan fingerprint density at radius 2 is 2.07 bits per heavy atom.